The minimum atomic E-state index is -0.858. The molecule has 3 aliphatic rings. The number of halogens is 1. The Kier molecular flexibility index (Phi) is 10.1. The minimum absolute atomic E-state index is 0.0637. The van der Waals surface area contributed by atoms with E-state index in [4.69, 9.17) is 4.74 Å². The first kappa shape index (κ1) is 31.5. The van der Waals surface area contributed by atoms with Gasteiger partial charge in [-0.15, -0.1) is 24.9 Å². The van der Waals surface area contributed by atoms with E-state index in [1.54, 1.807) is 33.7 Å². The van der Waals surface area contributed by atoms with Crippen LogP contribution in [0.3, 0.4) is 0 Å². The predicted octanol–water partition coefficient (Wildman–Crippen LogP) is 4.78. The van der Waals surface area contributed by atoms with E-state index in [2.05, 4.69) is 29.1 Å². The first-order valence-corrected chi connectivity index (χ1v) is 16.7. The Morgan fingerprint density at radius 3 is 2.42 bits per heavy atom. The molecule has 9 heteroatoms. The molecule has 0 radical (unpaired) electrons. The zero-order valence-corrected chi connectivity index (χ0v) is 26.6. The van der Waals surface area contributed by atoms with Crippen molar-refractivity contribution in [2.24, 2.45) is 11.8 Å². The van der Waals surface area contributed by atoms with Gasteiger partial charge in [0.1, 0.15) is 6.04 Å². The molecule has 2 aromatic carbocycles. The Labute approximate surface area is 266 Å². The van der Waals surface area contributed by atoms with Gasteiger partial charge in [-0.2, -0.15) is 0 Å². The van der Waals surface area contributed by atoms with Gasteiger partial charge >= 0.3 is 5.97 Å². The summed E-state index contributed by atoms with van der Waals surface area (Å²) in [6, 6.07) is 17.9. The maximum absolute atomic E-state index is 14.8. The monoisotopic (exact) mass is 666 g/mol. The van der Waals surface area contributed by atoms with Gasteiger partial charge in [0.25, 0.3) is 0 Å². The van der Waals surface area contributed by atoms with Crippen molar-refractivity contribution in [3.63, 3.8) is 0 Å². The molecule has 3 saturated heterocycles. The van der Waals surface area contributed by atoms with E-state index < -0.39 is 34.6 Å². The summed E-state index contributed by atoms with van der Waals surface area (Å²) in [5, 5.41) is 10.5. The van der Waals surface area contributed by atoms with Crippen LogP contribution >= 0.6 is 27.7 Å². The van der Waals surface area contributed by atoms with Gasteiger partial charge in [0.15, 0.2) is 0 Å². The number of nitrogens with zero attached hydrogens (tertiary/aromatic N) is 2. The summed E-state index contributed by atoms with van der Waals surface area (Å²) < 4.78 is 4.88. The number of rotatable bonds is 14. The van der Waals surface area contributed by atoms with Crippen LogP contribution in [0.25, 0.3) is 0 Å². The standard InChI is InChI=1S/C34H39BrN2O5S/c1-3-5-12-18-42-33(41)27-28-31(39)37(25(22-38)19-23-13-8-6-9-14-23)30(34(28)20-26(35)29(27)43-34)32(40)36(17-4-2)21-24-15-10-7-11-16-24/h3-4,6-11,13-16,25-30,38H,1-2,5,12,17-22H2/t25-,26?,27-,28+,29-,30?,34?/m1/s1. The molecule has 43 heavy (non-hydrogen) atoms. The topological polar surface area (TPSA) is 87.2 Å². The number of ether oxygens (including phenoxy) is 1. The van der Waals surface area contributed by atoms with Crippen LogP contribution in [0.15, 0.2) is 86.0 Å². The second-order valence-electron chi connectivity index (χ2n) is 11.5. The van der Waals surface area contributed by atoms with Crippen LogP contribution in [0, 0.1) is 11.8 Å². The largest absolute Gasteiger partial charge is 0.465 e. The van der Waals surface area contributed by atoms with Gasteiger partial charge in [0.2, 0.25) is 11.8 Å². The van der Waals surface area contributed by atoms with E-state index >= 15 is 0 Å². The number of benzene rings is 2. The molecule has 0 saturated carbocycles. The van der Waals surface area contributed by atoms with Crippen molar-refractivity contribution in [2.45, 2.75) is 59.1 Å². The number of allylic oxidation sites excluding steroid dienone is 1. The first-order valence-electron chi connectivity index (χ1n) is 14.9. The predicted molar refractivity (Wildman–Crippen MR) is 173 cm³/mol. The molecule has 2 aromatic rings. The maximum atomic E-state index is 14.8. The Balaban J connectivity index is 1.54. The fourth-order valence-corrected chi connectivity index (χ4v) is 10.6. The number of likely N-dealkylation sites (tertiary alicyclic amines) is 1. The van der Waals surface area contributed by atoms with Gasteiger partial charge in [0, 0.05) is 23.2 Å². The number of alkyl halides is 1. The highest BCUT2D eigenvalue weighted by Crippen LogP contribution is 2.68. The Bertz CT molecular complexity index is 1330. The van der Waals surface area contributed by atoms with Crippen molar-refractivity contribution in [2.75, 3.05) is 19.8 Å². The Morgan fingerprint density at radius 2 is 1.79 bits per heavy atom. The highest BCUT2D eigenvalue weighted by Gasteiger charge is 2.76. The molecule has 7 nitrogen and oxygen atoms in total. The third kappa shape index (κ3) is 6.08. The summed E-state index contributed by atoms with van der Waals surface area (Å²) >= 11 is 5.39. The fourth-order valence-electron chi connectivity index (χ4n) is 7.01. The number of aliphatic hydroxyl groups excluding tert-OH is 1. The van der Waals surface area contributed by atoms with Crippen LogP contribution in [-0.2, 0) is 32.1 Å². The fraction of sp³-hybridized carbons (Fsp3) is 0.441. The molecular weight excluding hydrogens is 628 g/mol. The summed E-state index contributed by atoms with van der Waals surface area (Å²) in [4.78, 5) is 46.3. The Morgan fingerprint density at radius 1 is 1.12 bits per heavy atom. The highest BCUT2D eigenvalue weighted by atomic mass is 79.9. The van der Waals surface area contributed by atoms with Crippen LogP contribution in [0.2, 0.25) is 0 Å². The quantitative estimate of drug-likeness (QED) is 0.135. The number of fused-ring (bicyclic) bond motifs is 1. The molecule has 1 N–H and O–H groups in total. The summed E-state index contributed by atoms with van der Waals surface area (Å²) in [6.07, 6.45) is 5.81. The molecule has 5 rings (SSSR count). The number of hydrogen-bond donors (Lipinski definition) is 1. The molecule has 0 aliphatic carbocycles. The van der Waals surface area contributed by atoms with Crippen LogP contribution in [-0.4, -0.2) is 79.4 Å². The molecule has 3 aliphatic heterocycles. The molecule has 2 amide bonds. The maximum Gasteiger partial charge on any atom is 0.310 e. The lowest BCUT2D eigenvalue weighted by molar-refractivity contribution is -0.154. The lowest BCUT2D eigenvalue weighted by atomic mass is 9.71. The summed E-state index contributed by atoms with van der Waals surface area (Å²) in [5.74, 6) is -2.25. The number of unbranched alkanes of at least 4 members (excludes halogenated alkanes) is 1. The number of amides is 2. The van der Waals surface area contributed by atoms with Crippen LogP contribution < -0.4 is 0 Å². The van der Waals surface area contributed by atoms with Gasteiger partial charge in [-0.3, -0.25) is 14.4 Å². The smallest absolute Gasteiger partial charge is 0.310 e. The minimum Gasteiger partial charge on any atom is -0.465 e. The number of thioether (sulfide) groups is 1. The molecule has 0 aromatic heterocycles. The van der Waals surface area contributed by atoms with E-state index in [0.29, 0.717) is 32.4 Å². The van der Waals surface area contributed by atoms with E-state index in [9.17, 15) is 19.5 Å². The van der Waals surface area contributed by atoms with Gasteiger partial charge < -0.3 is 19.6 Å². The number of carbonyl (C=O) groups is 3. The van der Waals surface area contributed by atoms with Gasteiger partial charge in [-0.1, -0.05) is 88.7 Å². The normalized spacial score (nSPS) is 27.9. The lowest BCUT2D eigenvalue weighted by Crippen LogP contribution is -2.58. The van der Waals surface area contributed by atoms with Crippen molar-refractivity contribution < 1.29 is 24.2 Å². The number of aliphatic hydroxyl groups is 1. The summed E-state index contributed by atoms with van der Waals surface area (Å²) in [6.45, 7) is 8.23. The molecule has 7 atom stereocenters. The average Bonchev–Trinajstić information content (AvgIpc) is 3.62. The second kappa shape index (κ2) is 13.8. The molecule has 228 valence electrons. The zero-order valence-electron chi connectivity index (χ0n) is 24.2. The number of carbonyl (C=O) groups excluding carboxylic acids is 3. The van der Waals surface area contributed by atoms with Gasteiger partial charge in [0.05, 0.1) is 35.8 Å². The molecule has 2 bridgehead atoms. The molecule has 3 unspecified atom stereocenters. The molecular formula is C34H39BrN2O5S. The van der Waals surface area contributed by atoms with E-state index in [1.807, 2.05) is 60.7 Å². The van der Waals surface area contributed by atoms with Crippen LogP contribution in [0.1, 0.15) is 30.4 Å². The third-order valence-corrected chi connectivity index (χ3v) is 12.0. The van der Waals surface area contributed by atoms with E-state index in [1.165, 1.54) is 0 Å². The van der Waals surface area contributed by atoms with Gasteiger partial charge in [-0.05, 0) is 36.8 Å². The number of esters is 1. The SMILES string of the molecule is C=CCCCOC(=O)[C@H]1[C@@H]2SC3(CC2Br)C(C(=O)N(CC=C)Cc2ccccc2)N([C@@H](CO)Cc2ccccc2)C(=O)[C@H]13. The van der Waals surface area contributed by atoms with Gasteiger partial charge in [-0.25, -0.2) is 0 Å². The van der Waals surface area contributed by atoms with Crippen molar-refractivity contribution in [3.8, 4) is 0 Å². The first-order chi connectivity index (χ1) is 20.9. The highest BCUT2D eigenvalue weighted by molar-refractivity contribution is 9.09. The van der Waals surface area contributed by atoms with E-state index in [-0.39, 0.29) is 35.1 Å². The summed E-state index contributed by atoms with van der Waals surface area (Å²) in [7, 11) is 0. The zero-order chi connectivity index (χ0) is 30.6. The molecule has 1 spiro atoms. The van der Waals surface area contributed by atoms with Crippen molar-refractivity contribution in [3.05, 3.63) is 97.1 Å². The molecule has 3 heterocycles. The average molecular weight is 668 g/mol. The van der Waals surface area contributed by atoms with Crippen LogP contribution in [0.5, 0.6) is 0 Å². The van der Waals surface area contributed by atoms with E-state index in [0.717, 1.165) is 17.5 Å². The molecule has 3 fully saturated rings. The summed E-state index contributed by atoms with van der Waals surface area (Å²) in [5.41, 5.74) is 1.92. The van der Waals surface area contributed by atoms with Crippen molar-refractivity contribution in [1.29, 1.82) is 0 Å². The van der Waals surface area contributed by atoms with Crippen molar-refractivity contribution in [1.82, 2.24) is 9.80 Å². The van der Waals surface area contributed by atoms with Crippen LogP contribution in [0.4, 0.5) is 0 Å². The lowest BCUT2D eigenvalue weighted by Gasteiger charge is -2.40. The Hall–Kier alpha value is -2.88. The second-order valence-corrected chi connectivity index (χ2v) is 14.2. The van der Waals surface area contributed by atoms with Crippen molar-refractivity contribution >= 4 is 45.5 Å². The number of hydrogen-bond acceptors (Lipinski definition) is 6. The third-order valence-electron chi connectivity index (χ3n) is 8.83.